The van der Waals surface area contributed by atoms with E-state index >= 15 is 0 Å². The number of hydrogen-bond acceptors (Lipinski definition) is 4. The first-order valence-corrected chi connectivity index (χ1v) is 8.49. The van der Waals surface area contributed by atoms with Crippen LogP contribution in [-0.4, -0.2) is 50.8 Å². The third-order valence-corrected chi connectivity index (χ3v) is 5.16. The summed E-state index contributed by atoms with van der Waals surface area (Å²) in [6, 6.07) is 7.81. The largest absolute Gasteiger partial charge is 0.492 e. The highest BCUT2D eigenvalue weighted by atomic mass is 32.2. The first kappa shape index (κ1) is 15.3. The summed E-state index contributed by atoms with van der Waals surface area (Å²) in [7, 11) is -3.23. The van der Waals surface area contributed by atoms with Crippen molar-refractivity contribution in [2.24, 2.45) is 0 Å². The fourth-order valence-corrected chi connectivity index (χ4v) is 3.55. The molecule has 1 aliphatic rings. The fourth-order valence-electron chi connectivity index (χ4n) is 2.18. The Balaban J connectivity index is 1.84. The quantitative estimate of drug-likeness (QED) is 0.881. The second-order valence-electron chi connectivity index (χ2n) is 5.19. The summed E-state index contributed by atoms with van der Waals surface area (Å²) in [5.74, 6) is 0.729. The predicted octanol–water partition coefficient (Wildman–Crippen LogP) is 0.997. The van der Waals surface area contributed by atoms with Gasteiger partial charge in [-0.15, -0.1) is 0 Å². The van der Waals surface area contributed by atoms with E-state index in [1.165, 1.54) is 0 Å². The second-order valence-corrected chi connectivity index (χ2v) is 7.28. The monoisotopic (exact) mass is 298 g/mol. The van der Waals surface area contributed by atoms with Gasteiger partial charge in [0, 0.05) is 25.7 Å². The van der Waals surface area contributed by atoms with Gasteiger partial charge in [-0.2, -0.15) is 4.31 Å². The number of aryl methyl sites for hydroxylation is 1. The van der Waals surface area contributed by atoms with Crippen LogP contribution in [0.1, 0.15) is 12.5 Å². The molecule has 1 aromatic rings. The topological polar surface area (TPSA) is 58.6 Å². The molecule has 1 fully saturated rings. The number of sulfonamides is 1. The lowest BCUT2D eigenvalue weighted by Gasteiger charge is -2.30. The van der Waals surface area contributed by atoms with Crippen LogP contribution in [-0.2, 0) is 10.0 Å². The Morgan fingerprint density at radius 3 is 2.70 bits per heavy atom. The molecule has 1 atom stereocenters. The predicted molar refractivity (Wildman–Crippen MR) is 79.5 cm³/mol. The molecule has 6 heteroatoms. The Bertz CT molecular complexity index is 528. The van der Waals surface area contributed by atoms with Gasteiger partial charge in [-0.25, -0.2) is 8.42 Å². The van der Waals surface area contributed by atoms with E-state index in [2.05, 4.69) is 5.32 Å². The van der Waals surface area contributed by atoms with Gasteiger partial charge >= 0.3 is 0 Å². The van der Waals surface area contributed by atoms with Crippen molar-refractivity contribution < 1.29 is 13.2 Å². The number of rotatable bonds is 5. The summed E-state index contributed by atoms with van der Waals surface area (Å²) in [5, 5.41) is 3.23. The molecule has 112 valence electrons. The van der Waals surface area contributed by atoms with E-state index in [0.29, 0.717) is 25.4 Å². The van der Waals surface area contributed by atoms with Crippen molar-refractivity contribution in [1.82, 2.24) is 9.62 Å². The zero-order valence-corrected chi connectivity index (χ0v) is 12.8. The van der Waals surface area contributed by atoms with E-state index in [0.717, 1.165) is 5.56 Å². The molecule has 0 amide bonds. The Morgan fingerprint density at radius 2 is 2.05 bits per heavy atom. The van der Waals surface area contributed by atoms with Crippen LogP contribution in [0.2, 0.25) is 0 Å². The van der Waals surface area contributed by atoms with Crippen LogP contribution in [0.3, 0.4) is 0 Å². The maximum atomic E-state index is 12.2. The average molecular weight is 298 g/mol. The smallest absolute Gasteiger partial charge is 0.217 e. The highest BCUT2D eigenvalue weighted by Crippen LogP contribution is 2.12. The summed E-state index contributed by atoms with van der Waals surface area (Å²) in [6.45, 7) is 5.96. The number of ether oxygens (including phenoxy) is 1. The highest BCUT2D eigenvalue weighted by molar-refractivity contribution is 7.89. The molecule has 1 heterocycles. The summed E-state index contributed by atoms with van der Waals surface area (Å²) < 4.78 is 31.4. The SMILES string of the molecule is Cc1ccc(OCCS(=O)(=O)N2CCN[C@@H](C)C2)cc1. The zero-order chi connectivity index (χ0) is 14.6. The van der Waals surface area contributed by atoms with E-state index in [-0.39, 0.29) is 18.4 Å². The molecule has 0 spiro atoms. The van der Waals surface area contributed by atoms with Crippen LogP contribution >= 0.6 is 0 Å². The molecule has 1 aromatic carbocycles. The van der Waals surface area contributed by atoms with E-state index in [9.17, 15) is 8.42 Å². The Morgan fingerprint density at radius 1 is 1.35 bits per heavy atom. The van der Waals surface area contributed by atoms with Crippen LogP contribution in [0.15, 0.2) is 24.3 Å². The lowest BCUT2D eigenvalue weighted by molar-refractivity contribution is 0.301. The molecule has 0 aromatic heterocycles. The van der Waals surface area contributed by atoms with Gasteiger partial charge in [0.15, 0.2) is 0 Å². The van der Waals surface area contributed by atoms with Crippen molar-refractivity contribution in [3.05, 3.63) is 29.8 Å². The molecule has 0 aliphatic carbocycles. The first-order chi connectivity index (χ1) is 9.47. The summed E-state index contributed by atoms with van der Waals surface area (Å²) >= 11 is 0. The van der Waals surface area contributed by atoms with Crippen molar-refractivity contribution in [2.45, 2.75) is 19.9 Å². The number of hydrogen-bond donors (Lipinski definition) is 1. The van der Waals surface area contributed by atoms with Crippen molar-refractivity contribution in [3.63, 3.8) is 0 Å². The molecule has 0 unspecified atom stereocenters. The minimum atomic E-state index is -3.23. The minimum absolute atomic E-state index is 0.0214. The van der Waals surface area contributed by atoms with Crippen LogP contribution in [0.25, 0.3) is 0 Å². The number of piperazine rings is 1. The van der Waals surface area contributed by atoms with Gasteiger partial charge in [-0.3, -0.25) is 0 Å². The lowest BCUT2D eigenvalue weighted by atomic mass is 10.2. The van der Waals surface area contributed by atoms with Crippen LogP contribution in [0, 0.1) is 6.92 Å². The third-order valence-electron chi connectivity index (χ3n) is 3.36. The molecule has 0 saturated carbocycles. The number of nitrogens with one attached hydrogen (secondary N) is 1. The van der Waals surface area contributed by atoms with Gasteiger partial charge in [0.2, 0.25) is 10.0 Å². The minimum Gasteiger partial charge on any atom is -0.492 e. The molecule has 0 radical (unpaired) electrons. The third kappa shape index (κ3) is 4.19. The molecular weight excluding hydrogens is 276 g/mol. The summed E-state index contributed by atoms with van der Waals surface area (Å²) in [6.07, 6.45) is 0. The molecule has 0 bridgehead atoms. The maximum Gasteiger partial charge on any atom is 0.217 e. The molecule has 5 nitrogen and oxygen atoms in total. The van der Waals surface area contributed by atoms with Crippen LogP contribution < -0.4 is 10.1 Å². The number of benzene rings is 1. The Labute approximate surface area is 121 Å². The van der Waals surface area contributed by atoms with Crippen molar-refractivity contribution in [1.29, 1.82) is 0 Å². The Hall–Kier alpha value is -1.11. The van der Waals surface area contributed by atoms with E-state index in [4.69, 9.17) is 4.74 Å². The van der Waals surface area contributed by atoms with Crippen molar-refractivity contribution >= 4 is 10.0 Å². The normalized spacial score (nSPS) is 20.8. The number of nitrogens with zero attached hydrogens (tertiary/aromatic N) is 1. The summed E-state index contributed by atoms with van der Waals surface area (Å²) in [5.41, 5.74) is 1.15. The zero-order valence-electron chi connectivity index (χ0n) is 12.0. The van der Waals surface area contributed by atoms with E-state index in [1.54, 1.807) is 4.31 Å². The van der Waals surface area contributed by atoms with Gasteiger partial charge in [0.05, 0.1) is 5.75 Å². The molecular formula is C14H22N2O3S. The van der Waals surface area contributed by atoms with Crippen molar-refractivity contribution in [2.75, 3.05) is 32.0 Å². The molecule has 2 rings (SSSR count). The Kier molecular flexibility index (Phi) is 5.01. The van der Waals surface area contributed by atoms with E-state index < -0.39 is 10.0 Å². The van der Waals surface area contributed by atoms with Gasteiger partial charge < -0.3 is 10.1 Å². The van der Waals surface area contributed by atoms with Crippen LogP contribution in [0.4, 0.5) is 0 Å². The molecule has 1 N–H and O–H groups in total. The van der Waals surface area contributed by atoms with Gasteiger partial charge in [-0.1, -0.05) is 17.7 Å². The van der Waals surface area contributed by atoms with Crippen molar-refractivity contribution in [3.8, 4) is 5.75 Å². The van der Waals surface area contributed by atoms with Crippen LogP contribution in [0.5, 0.6) is 5.75 Å². The maximum absolute atomic E-state index is 12.2. The summed E-state index contributed by atoms with van der Waals surface area (Å²) in [4.78, 5) is 0. The lowest BCUT2D eigenvalue weighted by Crippen LogP contribution is -2.52. The fraction of sp³-hybridized carbons (Fsp3) is 0.571. The van der Waals surface area contributed by atoms with Gasteiger partial charge in [-0.05, 0) is 26.0 Å². The first-order valence-electron chi connectivity index (χ1n) is 6.88. The molecule has 1 aliphatic heterocycles. The van der Waals surface area contributed by atoms with Gasteiger partial charge in [0.25, 0.3) is 0 Å². The van der Waals surface area contributed by atoms with Gasteiger partial charge in [0.1, 0.15) is 12.4 Å². The average Bonchev–Trinajstić information content (AvgIpc) is 2.41. The highest BCUT2D eigenvalue weighted by Gasteiger charge is 2.26. The standard InChI is InChI=1S/C14H22N2O3S/c1-12-3-5-14(6-4-12)19-9-10-20(17,18)16-8-7-15-13(2)11-16/h3-6,13,15H,7-11H2,1-2H3/t13-/m0/s1. The van der Waals surface area contributed by atoms with E-state index in [1.807, 2.05) is 38.1 Å². The molecule has 20 heavy (non-hydrogen) atoms. The second kappa shape index (κ2) is 6.56. The molecule has 1 saturated heterocycles.